The van der Waals surface area contributed by atoms with Crippen LogP contribution in [0.2, 0.25) is 0 Å². The lowest BCUT2D eigenvalue weighted by Gasteiger charge is -2.12. The molecule has 0 aliphatic carbocycles. The summed E-state index contributed by atoms with van der Waals surface area (Å²) in [6.45, 7) is 7.62. The number of benzene rings is 1. The fourth-order valence-electron chi connectivity index (χ4n) is 1.67. The molecule has 1 fully saturated rings. The van der Waals surface area contributed by atoms with Gasteiger partial charge in [0.05, 0.1) is 18.8 Å². The Morgan fingerprint density at radius 2 is 2.00 bits per heavy atom. The number of ether oxygens (including phenoxy) is 3. The average Bonchev–Trinajstić information content (AvgIpc) is 2.76. The predicted molar refractivity (Wildman–Crippen MR) is 74.1 cm³/mol. The van der Waals surface area contributed by atoms with Crippen molar-refractivity contribution in [1.29, 1.82) is 0 Å². The van der Waals surface area contributed by atoms with Gasteiger partial charge < -0.3 is 14.2 Å². The van der Waals surface area contributed by atoms with Crippen LogP contribution in [-0.2, 0) is 20.8 Å². The lowest BCUT2D eigenvalue weighted by molar-refractivity contribution is 0.0476. The summed E-state index contributed by atoms with van der Waals surface area (Å²) in [7, 11) is 0. The molecule has 19 heavy (non-hydrogen) atoms. The summed E-state index contributed by atoms with van der Waals surface area (Å²) in [6.07, 6.45) is 0.311. The topological polar surface area (TPSA) is 40.0 Å². The molecule has 0 radical (unpaired) electrons. The van der Waals surface area contributed by atoms with Gasteiger partial charge in [-0.2, -0.15) is 0 Å². The highest BCUT2D eigenvalue weighted by molar-refractivity contribution is 5.69. The van der Waals surface area contributed by atoms with Gasteiger partial charge in [0.15, 0.2) is 6.10 Å². The molecule has 0 saturated carbocycles. The van der Waals surface area contributed by atoms with Gasteiger partial charge in [0.1, 0.15) is 6.61 Å². The van der Waals surface area contributed by atoms with Gasteiger partial charge >= 0.3 is 6.08 Å². The van der Waals surface area contributed by atoms with Crippen molar-refractivity contribution in [3.63, 3.8) is 0 Å². The lowest BCUT2D eigenvalue weighted by atomic mass is 10.1. The standard InChI is InChI=1S/C15H21NO3/c1-15(2,3)16-14-18-11-13(19-14)10-17-9-12-7-5-4-6-8-12/h4-8,13H,9-11H2,1-3H3. The molecule has 1 aromatic carbocycles. The summed E-state index contributed by atoms with van der Waals surface area (Å²) >= 11 is 0. The zero-order chi connectivity index (χ0) is 13.7. The van der Waals surface area contributed by atoms with Crippen LogP contribution in [0.1, 0.15) is 26.3 Å². The summed E-state index contributed by atoms with van der Waals surface area (Å²) in [6, 6.07) is 10.1. The monoisotopic (exact) mass is 263 g/mol. The second-order valence-corrected chi connectivity index (χ2v) is 5.60. The molecule has 4 heteroatoms. The van der Waals surface area contributed by atoms with Gasteiger partial charge in [0.25, 0.3) is 0 Å². The predicted octanol–water partition coefficient (Wildman–Crippen LogP) is 2.77. The van der Waals surface area contributed by atoms with Crippen molar-refractivity contribution in [1.82, 2.24) is 0 Å². The van der Waals surface area contributed by atoms with Gasteiger partial charge in [-0.15, -0.1) is 0 Å². The van der Waals surface area contributed by atoms with Crippen LogP contribution in [0.15, 0.2) is 35.3 Å². The van der Waals surface area contributed by atoms with E-state index in [4.69, 9.17) is 14.2 Å². The number of hydrogen-bond acceptors (Lipinski definition) is 4. The molecule has 0 spiro atoms. The maximum atomic E-state index is 5.62. The third kappa shape index (κ3) is 4.91. The molecule has 1 saturated heterocycles. The first-order chi connectivity index (χ1) is 9.03. The van der Waals surface area contributed by atoms with Crippen molar-refractivity contribution < 1.29 is 14.2 Å². The van der Waals surface area contributed by atoms with Crippen LogP contribution in [0.3, 0.4) is 0 Å². The van der Waals surface area contributed by atoms with Gasteiger partial charge in [-0.1, -0.05) is 30.3 Å². The minimum Gasteiger partial charge on any atom is -0.447 e. The van der Waals surface area contributed by atoms with E-state index in [9.17, 15) is 0 Å². The molecule has 0 aromatic heterocycles. The van der Waals surface area contributed by atoms with Crippen LogP contribution in [0.5, 0.6) is 0 Å². The first-order valence-electron chi connectivity index (χ1n) is 6.54. The summed E-state index contributed by atoms with van der Waals surface area (Å²) in [5.74, 6) is 0. The van der Waals surface area contributed by atoms with E-state index in [2.05, 4.69) is 4.99 Å². The Labute approximate surface area is 114 Å². The molecule has 0 bridgehead atoms. The van der Waals surface area contributed by atoms with Gasteiger partial charge in [-0.3, -0.25) is 0 Å². The first kappa shape index (κ1) is 13.9. The molecule has 1 atom stereocenters. The van der Waals surface area contributed by atoms with E-state index >= 15 is 0 Å². The molecule has 1 aliphatic heterocycles. The Morgan fingerprint density at radius 3 is 2.68 bits per heavy atom. The Balaban J connectivity index is 1.73. The van der Waals surface area contributed by atoms with Crippen molar-refractivity contribution in [2.45, 2.75) is 39.0 Å². The summed E-state index contributed by atoms with van der Waals surface area (Å²) in [5.41, 5.74) is 0.972. The van der Waals surface area contributed by atoms with E-state index in [1.165, 1.54) is 0 Å². The molecule has 1 aromatic rings. The van der Waals surface area contributed by atoms with Gasteiger partial charge in [-0.05, 0) is 26.3 Å². The van der Waals surface area contributed by atoms with Crippen molar-refractivity contribution in [2.24, 2.45) is 4.99 Å². The normalized spacial score (nSPS) is 21.2. The third-order valence-electron chi connectivity index (χ3n) is 2.50. The van der Waals surface area contributed by atoms with Crippen LogP contribution in [0.25, 0.3) is 0 Å². The molecule has 2 rings (SSSR count). The fraction of sp³-hybridized carbons (Fsp3) is 0.533. The van der Waals surface area contributed by atoms with Gasteiger partial charge in [-0.25, -0.2) is 4.99 Å². The van der Waals surface area contributed by atoms with Crippen LogP contribution in [0.4, 0.5) is 0 Å². The van der Waals surface area contributed by atoms with Gasteiger partial charge in [0, 0.05) is 0 Å². The molecule has 1 unspecified atom stereocenters. The molecular formula is C15H21NO3. The first-order valence-corrected chi connectivity index (χ1v) is 6.54. The van der Waals surface area contributed by atoms with Crippen LogP contribution in [0, 0.1) is 0 Å². The average molecular weight is 263 g/mol. The molecule has 0 N–H and O–H groups in total. The quantitative estimate of drug-likeness (QED) is 0.838. The zero-order valence-corrected chi connectivity index (χ0v) is 11.8. The molecule has 4 nitrogen and oxygen atoms in total. The molecular weight excluding hydrogens is 242 g/mol. The van der Waals surface area contributed by atoms with Crippen LogP contribution in [-0.4, -0.2) is 30.9 Å². The van der Waals surface area contributed by atoms with E-state index in [0.717, 1.165) is 5.56 Å². The van der Waals surface area contributed by atoms with E-state index in [1.54, 1.807) is 0 Å². The number of rotatable bonds is 4. The molecule has 1 aliphatic rings. The highest BCUT2D eigenvalue weighted by Crippen LogP contribution is 2.14. The zero-order valence-electron chi connectivity index (χ0n) is 11.8. The van der Waals surface area contributed by atoms with Crippen molar-refractivity contribution in [3.8, 4) is 0 Å². The maximum absolute atomic E-state index is 5.62. The smallest absolute Gasteiger partial charge is 0.384 e. The molecule has 1 heterocycles. The van der Waals surface area contributed by atoms with E-state index in [-0.39, 0.29) is 11.6 Å². The Bertz CT molecular complexity index is 423. The second-order valence-electron chi connectivity index (χ2n) is 5.60. The number of aliphatic imine (C=N–C) groups is 1. The Kier molecular flexibility index (Phi) is 4.43. The Hall–Kier alpha value is -1.55. The SMILES string of the molecule is CC(C)(C)N=C1OCC(COCc2ccccc2)O1. The summed E-state index contributed by atoms with van der Waals surface area (Å²) < 4.78 is 16.6. The number of hydrogen-bond donors (Lipinski definition) is 0. The number of nitrogens with zero attached hydrogens (tertiary/aromatic N) is 1. The second kappa shape index (κ2) is 6.06. The van der Waals surface area contributed by atoms with Crippen LogP contribution >= 0.6 is 0 Å². The minimum atomic E-state index is -0.185. The van der Waals surface area contributed by atoms with Crippen molar-refractivity contribution >= 4 is 6.08 Å². The van der Waals surface area contributed by atoms with Crippen LogP contribution < -0.4 is 0 Å². The maximum Gasteiger partial charge on any atom is 0.384 e. The van der Waals surface area contributed by atoms with E-state index < -0.39 is 0 Å². The third-order valence-corrected chi connectivity index (χ3v) is 2.50. The molecule has 104 valence electrons. The summed E-state index contributed by atoms with van der Waals surface area (Å²) in [5, 5.41) is 0. The molecule has 0 amide bonds. The summed E-state index contributed by atoms with van der Waals surface area (Å²) in [4.78, 5) is 4.34. The lowest BCUT2D eigenvalue weighted by Crippen LogP contribution is -2.19. The largest absolute Gasteiger partial charge is 0.447 e. The van der Waals surface area contributed by atoms with Gasteiger partial charge in [0.2, 0.25) is 0 Å². The van der Waals surface area contributed by atoms with E-state index in [0.29, 0.717) is 25.9 Å². The highest BCUT2D eigenvalue weighted by Gasteiger charge is 2.25. The van der Waals surface area contributed by atoms with Crippen molar-refractivity contribution in [3.05, 3.63) is 35.9 Å². The Morgan fingerprint density at radius 1 is 1.26 bits per heavy atom. The highest BCUT2D eigenvalue weighted by atomic mass is 16.7. The minimum absolute atomic E-state index is 0.0650. The van der Waals surface area contributed by atoms with E-state index in [1.807, 2.05) is 51.1 Å². The van der Waals surface area contributed by atoms with Crippen molar-refractivity contribution in [2.75, 3.05) is 13.2 Å². The fourth-order valence-corrected chi connectivity index (χ4v) is 1.67.